The topological polar surface area (TPSA) is 123 Å². The number of hydrogen-bond donors (Lipinski definition) is 0. The second-order valence-electron chi connectivity index (χ2n) is 10.7. The van der Waals surface area contributed by atoms with E-state index in [0.29, 0.717) is 11.1 Å². The first-order chi connectivity index (χ1) is 21.4. The Morgan fingerprint density at radius 1 is 0.909 bits per heavy atom. The number of fused-ring (bicyclic) bond motifs is 3. The van der Waals surface area contributed by atoms with E-state index in [-0.39, 0.29) is 5.69 Å². The molecule has 2 aliphatic heterocycles. The Balaban J connectivity index is 1.54. The van der Waals surface area contributed by atoms with E-state index in [2.05, 4.69) is 6.07 Å². The van der Waals surface area contributed by atoms with Crippen LogP contribution < -0.4 is 0 Å². The summed E-state index contributed by atoms with van der Waals surface area (Å²) in [5.74, 6) is -2.59. The lowest BCUT2D eigenvalue weighted by Gasteiger charge is -2.35. The molecule has 2 heterocycles. The van der Waals surface area contributed by atoms with Crippen molar-refractivity contribution in [3.8, 4) is 6.07 Å². The van der Waals surface area contributed by atoms with E-state index in [4.69, 9.17) is 9.47 Å². The maximum absolute atomic E-state index is 14.6. The van der Waals surface area contributed by atoms with Crippen molar-refractivity contribution in [2.24, 2.45) is 5.41 Å². The summed E-state index contributed by atoms with van der Waals surface area (Å²) < 4.78 is 11.6. The van der Waals surface area contributed by atoms with E-state index in [9.17, 15) is 25.0 Å². The van der Waals surface area contributed by atoms with Crippen molar-refractivity contribution >= 4 is 23.7 Å². The van der Waals surface area contributed by atoms with Crippen LogP contribution in [0.25, 0.3) is 6.08 Å². The molecule has 0 aliphatic carbocycles. The summed E-state index contributed by atoms with van der Waals surface area (Å²) in [6.07, 6.45) is 2.76. The number of nitrogens with zero attached hydrogens (tertiary/aromatic N) is 3. The Morgan fingerprint density at radius 2 is 1.50 bits per heavy atom. The van der Waals surface area contributed by atoms with Gasteiger partial charge in [-0.3, -0.25) is 14.9 Å². The Bertz CT molecular complexity index is 1750. The molecule has 0 bridgehead atoms. The number of nitro groups is 1. The van der Waals surface area contributed by atoms with Gasteiger partial charge in [0, 0.05) is 24.3 Å². The molecule has 4 aromatic rings. The van der Waals surface area contributed by atoms with Crippen LogP contribution in [0.2, 0.25) is 0 Å². The van der Waals surface area contributed by atoms with Gasteiger partial charge in [0.05, 0.1) is 24.1 Å². The number of carbonyl (C=O) groups is 2. The highest BCUT2D eigenvalue weighted by Gasteiger charge is 2.68. The van der Waals surface area contributed by atoms with Crippen LogP contribution in [0.1, 0.15) is 45.9 Å². The molecule has 0 N–H and O–H groups in total. The van der Waals surface area contributed by atoms with Gasteiger partial charge in [-0.2, -0.15) is 5.26 Å². The normalized spacial score (nSPS) is 21.6. The molecule has 4 aromatic carbocycles. The van der Waals surface area contributed by atoms with Gasteiger partial charge in [0.1, 0.15) is 6.04 Å². The Kier molecular flexibility index (Phi) is 7.41. The van der Waals surface area contributed by atoms with Crippen LogP contribution in [0.15, 0.2) is 115 Å². The van der Waals surface area contributed by atoms with Crippen LogP contribution in [-0.4, -0.2) is 34.9 Å². The molecular weight excluding hydrogens is 558 g/mol. The summed E-state index contributed by atoms with van der Waals surface area (Å²) in [6, 6.07) is 31.7. The van der Waals surface area contributed by atoms with Gasteiger partial charge in [0.25, 0.3) is 5.69 Å². The smallest absolute Gasteiger partial charge is 0.330 e. The Hall–Kier alpha value is -5.75. The highest BCUT2D eigenvalue weighted by molar-refractivity contribution is 5.90. The van der Waals surface area contributed by atoms with Crippen molar-refractivity contribution in [1.29, 1.82) is 5.26 Å². The average molecular weight is 586 g/mol. The third-order valence-electron chi connectivity index (χ3n) is 8.43. The van der Waals surface area contributed by atoms with Crippen molar-refractivity contribution in [3.05, 3.63) is 153 Å². The number of esters is 2. The predicted molar refractivity (Wildman–Crippen MR) is 161 cm³/mol. The van der Waals surface area contributed by atoms with Gasteiger partial charge in [-0.05, 0) is 33.9 Å². The molecule has 1 saturated heterocycles. The number of rotatable bonds is 7. The lowest BCUT2D eigenvalue weighted by molar-refractivity contribution is -0.384. The summed E-state index contributed by atoms with van der Waals surface area (Å²) in [7, 11) is 1.20. The highest BCUT2D eigenvalue weighted by Crippen LogP contribution is 2.60. The van der Waals surface area contributed by atoms with Crippen molar-refractivity contribution in [1.82, 2.24) is 4.90 Å². The second-order valence-corrected chi connectivity index (χ2v) is 10.7. The van der Waals surface area contributed by atoms with Gasteiger partial charge in [0.15, 0.2) is 11.5 Å². The molecule has 9 heteroatoms. The first-order valence-electron chi connectivity index (χ1n) is 14.0. The fraction of sp³-hybridized carbons (Fsp3) is 0.171. The van der Waals surface area contributed by atoms with Crippen molar-refractivity contribution < 1.29 is 24.0 Å². The maximum Gasteiger partial charge on any atom is 0.330 e. The molecule has 0 amide bonds. The molecule has 0 spiro atoms. The Morgan fingerprint density at radius 3 is 2.07 bits per heavy atom. The van der Waals surface area contributed by atoms with Gasteiger partial charge >= 0.3 is 11.9 Å². The molecule has 1 fully saturated rings. The lowest BCUT2D eigenvalue weighted by atomic mass is 9.67. The van der Waals surface area contributed by atoms with Crippen molar-refractivity contribution in [3.63, 3.8) is 0 Å². The molecule has 0 radical (unpaired) electrons. The van der Waals surface area contributed by atoms with Gasteiger partial charge in [0.2, 0.25) is 0 Å². The molecule has 0 saturated carbocycles. The van der Waals surface area contributed by atoms with Crippen LogP contribution in [-0.2, 0) is 19.1 Å². The van der Waals surface area contributed by atoms with Gasteiger partial charge in [-0.1, -0.05) is 97.1 Å². The van der Waals surface area contributed by atoms with Gasteiger partial charge in [-0.15, -0.1) is 0 Å². The van der Waals surface area contributed by atoms with Gasteiger partial charge in [-0.25, -0.2) is 4.79 Å². The number of benzene rings is 4. The summed E-state index contributed by atoms with van der Waals surface area (Å²) in [5, 5.41) is 22.4. The van der Waals surface area contributed by atoms with E-state index in [0.717, 1.165) is 16.7 Å². The van der Waals surface area contributed by atoms with Crippen LogP contribution >= 0.6 is 0 Å². The minimum atomic E-state index is -1.91. The first kappa shape index (κ1) is 28.4. The standard InChI is InChI=1S/C35H27N3O6/c1-43-34(40)35(22-36)29(24-16-18-27(19-17-24)38(41)42)30(37-21-20-23-10-8-9-15-28(23)32(35)37)33(39)44-31(25-11-4-2-5-12-25)26-13-6-3-7-14-26/h2-21,29-32H,1H3/t29-,30-,32-,35+/m1/s1. The van der Waals surface area contributed by atoms with Crippen LogP contribution in [0.5, 0.6) is 0 Å². The fourth-order valence-corrected chi connectivity index (χ4v) is 6.51. The summed E-state index contributed by atoms with van der Waals surface area (Å²) >= 11 is 0. The molecule has 6 rings (SSSR count). The summed E-state index contributed by atoms with van der Waals surface area (Å²) in [6.45, 7) is 0. The molecular formula is C35H27N3O6. The number of methoxy groups -OCH3 is 1. The molecule has 0 unspecified atom stereocenters. The first-order valence-corrected chi connectivity index (χ1v) is 14.0. The average Bonchev–Trinajstić information content (AvgIpc) is 3.39. The van der Waals surface area contributed by atoms with E-state index in [1.165, 1.54) is 31.4 Å². The molecule has 4 atom stereocenters. The number of nitriles is 1. The number of non-ortho nitro benzene ring substituents is 1. The SMILES string of the molecule is COC(=O)[C@@]1(C#N)[C@H](c2ccc([N+](=O)[O-])cc2)[C@H](C(=O)OC(c2ccccc2)c2ccccc2)N2C=Cc3ccccc3[C@@H]21. The van der Waals surface area contributed by atoms with Crippen molar-refractivity contribution in [2.45, 2.75) is 24.1 Å². The third kappa shape index (κ3) is 4.57. The zero-order valence-electron chi connectivity index (χ0n) is 23.6. The molecule has 0 aromatic heterocycles. The molecule has 44 heavy (non-hydrogen) atoms. The van der Waals surface area contributed by atoms with E-state index in [1.807, 2.05) is 91.0 Å². The van der Waals surface area contributed by atoms with Crippen LogP contribution in [0, 0.1) is 26.9 Å². The van der Waals surface area contributed by atoms with Crippen LogP contribution in [0.3, 0.4) is 0 Å². The zero-order valence-corrected chi connectivity index (χ0v) is 23.6. The Labute approximate surface area is 253 Å². The summed E-state index contributed by atoms with van der Waals surface area (Å²) in [5.41, 5.74) is 1.26. The predicted octanol–water partition coefficient (Wildman–Crippen LogP) is 6.10. The van der Waals surface area contributed by atoms with Gasteiger partial charge < -0.3 is 14.4 Å². The minimum Gasteiger partial charge on any atom is -0.468 e. The van der Waals surface area contributed by atoms with Crippen molar-refractivity contribution in [2.75, 3.05) is 7.11 Å². The molecule has 218 valence electrons. The molecule has 9 nitrogen and oxygen atoms in total. The fourth-order valence-electron chi connectivity index (χ4n) is 6.51. The molecule has 2 aliphatic rings. The number of carbonyl (C=O) groups excluding carboxylic acids is 2. The van der Waals surface area contributed by atoms with E-state index >= 15 is 0 Å². The van der Waals surface area contributed by atoms with E-state index < -0.39 is 46.4 Å². The van der Waals surface area contributed by atoms with E-state index in [1.54, 1.807) is 11.1 Å². The minimum absolute atomic E-state index is 0.164. The largest absolute Gasteiger partial charge is 0.468 e. The van der Waals surface area contributed by atoms with Crippen LogP contribution in [0.4, 0.5) is 5.69 Å². The summed E-state index contributed by atoms with van der Waals surface area (Å²) in [4.78, 5) is 41.1. The number of ether oxygens (including phenoxy) is 2. The highest BCUT2D eigenvalue weighted by atomic mass is 16.6. The zero-order chi connectivity index (χ0) is 30.8. The quantitative estimate of drug-likeness (QED) is 0.145. The number of nitro benzene ring substituents is 1. The monoisotopic (exact) mass is 585 g/mol. The second kappa shape index (κ2) is 11.5. The number of hydrogen-bond acceptors (Lipinski definition) is 8. The lowest BCUT2D eigenvalue weighted by Crippen LogP contribution is -2.41. The maximum atomic E-state index is 14.6. The third-order valence-corrected chi connectivity index (χ3v) is 8.43.